The van der Waals surface area contributed by atoms with Gasteiger partial charge in [-0.05, 0) is 38.3 Å². The van der Waals surface area contributed by atoms with Crippen LogP contribution in [0.3, 0.4) is 0 Å². The third-order valence-corrected chi connectivity index (χ3v) is 6.97. The van der Waals surface area contributed by atoms with Gasteiger partial charge in [0, 0.05) is 19.6 Å². The maximum absolute atomic E-state index is 12.2. The van der Waals surface area contributed by atoms with E-state index in [4.69, 9.17) is 0 Å². The van der Waals surface area contributed by atoms with E-state index in [1.54, 1.807) is 24.3 Å². The second-order valence-corrected chi connectivity index (χ2v) is 10.1. The Morgan fingerprint density at radius 2 is 1.81 bits per heavy atom. The van der Waals surface area contributed by atoms with Gasteiger partial charge in [0.15, 0.2) is 0 Å². The lowest BCUT2D eigenvalue weighted by Crippen LogP contribution is -2.46. The van der Waals surface area contributed by atoms with Crippen LogP contribution >= 0.6 is 0 Å². The number of nitrogens with zero attached hydrogens (tertiary/aromatic N) is 1. The average molecular weight is 404 g/mol. The molecule has 0 radical (unpaired) electrons. The SMILES string of the molecule is Cc1ccc(S(=O)(=O)NCCCNC(=O)C2CCCN2S(C)(=O)=O)cc1. The van der Waals surface area contributed by atoms with Crippen LogP contribution in [0, 0.1) is 6.92 Å². The zero-order valence-electron chi connectivity index (χ0n) is 14.9. The van der Waals surface area contributed by atoms with Crippen molar-refractivity contribution >= 4 is 26.0 Å². The summed E-state index contributed by atoms with van der Waals surface area (Å²) in [7, 11) is -6.98. The van der Waals surface area contributed by atoms with Crippen LogP contribution in [0.1, 0.15) is 24.8 Å². The van der Waals surface area contributed by atoms with Crippen LogP contribution in [0.4, 0.5) is 0 Å². The molecule has 0 spiro atoms. The zero-order valence-corrected chi connectivity index (χ0v) is 16.6. The summed E-state index contributed by atoms with van der Waals surface area (Å²) in [4.78, 5) is 12.4. The molecule has 1 unspecified atom stereocenters. The van der Waals surface area contributed by atoms with Gasteiger partial charge in [0.05, 0.1) is 11.2 Å². The highest BCUT2D eigenvalue weighted by Gasteiger charge is 2.36. The van der Waals surface area contributed by atoms with Crippen LogP contribution in [-0.4, -0.2) is 59.0 Å². The predicted octanol–water partition coefficient (Wildman–Crippen LogP) is 0.204. The molecule has 0 aromatic heterocycles. The highest BCUT2D eigenvalue weighted by atomic mass is 32.2. The van der Waals surface area contributed by atoms with Gasteiger partial charge in [-0.25, -0.2) is 21.6 Å². The van der Waals surface area contributed by atoms with Crippen molar-refractivity contribution in [1.82, 2.24) is 14.3 Å². The number of hydrogen-bond donors (Lipinski definition) is 2. The Bertz CT molecular complexity index is 835. The minimum Gasteiger partial charge on any atom is -0.355 e. The van der Waals surface area contributed by atoms with Crippen molar-refractivity contribution in [2.24, 2.45) is 0 Å². The fourth-order valence-electron chi connectivity index (χ4n) is 2.82. The summed E-state index contributed by atoms with van der Waals surface area (Å²) in [6, 6.07) is 5.86. The molecule has 8 nitrogen and oxygen atoms in total. The summed E-state index contributed by atoms with van der Waals surface area (Å²) < 4.78 is 51.3. The first kappa shape index (κ1) is 20.8. The molecule has 2 N–H and O–H groups in total. The molecule has 0 aliphatic carbocycles. The third kappa shape index (κ3) is 5.50. The molecule has 10 heteroatoms. The number of amides is 1. The van der Waals surface area contributed by atoms with E-state index >= 15 is 0 Å². The molecule has 146 valence electrons. The summed E-state index contributed by atoms with van der Waals surface area (Å²) in [5, 5.41) is 2.68. The molecule has 1 aromatic carbocycles. The number of carbonyl (C=O) groups is 1. The minimum atomic E-state index is -3.57. The molecule has 1 aliphatic heterocycles. The van der Waals surface area contributed by atoms with Crippen molar-refractivity contribution in [3.63, 3.8) is 0 Å². The maximum Gasteiger partial charge on any atom is 0.240 e. The van der Waals surface area contributed by atoms with Crippen molar-refractivity contribution in [3.05, 3.63) is 29.8 Å². The van der Waals surface area contributed by atoms with E-state index in [-0.39, 0.29) is 23.9 Å². The molecule has 0 saturated carbocycles. The third-order valence-electron chi connectivity index (χ3n) is 4.21. The number of aryl methyl sites for hydroxylation is 1. The van der Waals surface area contributed by atoms with Gasteiger partial charge < -0.3 is 5.32 Å². The minimum absolute atomic E-state index is 0.178. The topological polar surface area (TPSA) is 113 Å². The molecule has 26 heavy (non-hydrogen) atoms. The molecule has 1 aromatic rings. The molecule has 1 saturated heterocycles. The lowest BCUT2D eigenvalue weighted by Gasteiger charge is -2.21. The van der Waals surface area contributed by atoms with Gasteiger partial charge in [-0.15, -0.1) is 0 Å². The van der Waals surface area contributed by atoms with E-state index < -0.39 is 26.1 Å². The van der Waals surface area contributed by atoms with Gasteiger partial charge in [-0.2, -0.15) is 4.31 Å². The second kappa shape index (κ2) is 8.47. The Hall–Kier alpha value is -1.49. The maximum atomic E-state index is 12.2. The number of hydrogen-bond acceptors (Lipinski definition) is 5. The smallest absolute Gasteiger partial charge is 0.240 e. The number of benzene rings is 1. The van der Waals surface area contributed by atoms with E-state index in [2.05, 4.69) is 10.0 Å². The summed E-state index contributed by atoms with van der Waals surface area (Å²) in [5.74, 6) is -0.339. The van der Waals surface area contributed by atoms with Crippen molar-refractivity contribution in [3.8, 4) is 0 Å². The van der Waals surface area contributed by atoms with Gasteiger partial charge >= 0.3 is 0 Å². The fourth-order valence-corrected chi connectivity index (χ4v) is 5.02. The highest BCUT2D eigenvalue weighted by molar-refractivity contribution is 7.89. The number of sulfonamides is 2. The molecule has 1 atom stereocenters. The van der Waals surface area contributed by atoms with Gasteiger partial charge in [0.2, 0.25) is 26.0 Å². The largest absolute Gasteiger partial charge is 0.355 e. The van der Waals surface area contributed by atoms with Crippen LogP contribution in [-0.2, 0) is 24.8 Å². The van der Waals surface area contributed by atoms with Crippen LogP contribution in [0.25, 0.3) is 0 Å². The lowest BCUT2D eigenvalue weighted by molar-refractivity contribution is -0.124. The molecule has 2 rings (SSSR count). The Kier molecular flexibility index (Phi) is 6.78. The van der Waals surface area contributed by atoms with Crippen molar-refractivity contribution in [2.45, 2.75) is 37.1 Å². The predicted molar refractivity (Wildman–Crippen MR) is 98.6 cm³/mol. The average Bonchev–Trinajstić information content (AvgIpc) is 3.04. The van der Waals surface area contributed by atoms with Gasteiger partial charge in [0.25, 0.3) is 0 Å². The van der Waals surface area contributed by atoms with E-state index in [9.17, 15) is 21.6 Å². The first-order valence-corrected chi connectivity index (χ1v) is 11.8. The van der Waals surface area contributed by atoms with Crippen LogP contribution in [0.15, 0.2) is 29.2 Å². The fraction of sp³-hybridized carbons (Fsp3) is 0.562. The van der Waals surface area contributed by atoms with Gasteiger partial charge in [0.1, 0.15) is 6.04 Å². The molecule has 1 amide bonds. The highest BCUT2D eigenvalue weighted by Crippen LogP contribution is 2.20. The molecular formula is C16H25N3O5S2. The van der Waals surface area contributed by atoms with E-state index in [0.29, 0.717) is 25.8 Å². The molecule has 0 bridgehead atoms. The normalized spacial score (nSPS) is 18.8. The van der Waals surface area contributed by atoms with Crippen molar-refractivity contribution in [2.75, 3.05) is 25.9 Å². The monoisotopic (exact) mass is 403 g/mol. The quantitative estimate of drug-likeness (QED) is 0.602. The van der Waals surface area contributed by atoms with Crippen molar-refractivity contribution in [1.29, 1.82) is 0 Å². The van der Waals surface area contributed by atoms with Crippen LogP contribution in [0.5, 0.6) is 0 Å². The number of carbonyl (C=O) groups excluding carboxylic acids is 1. The molecular weight excluding hydrogens is 378 g/mol. The second-order valence-electron chi connectivity index (χ2n) is 6.39. The lowest BCUT2D eigenvalue weighted by atomic mass is 10.2. The summed E-state index contributed by atoms with van der Waals surface area (Å²) >= 11 is 0. The zero-order chi connectivity index (χ0) is 19.4. The van der Waals surface area contributed by atoms with E-state index in [1.807, 2.05) is 6.92 Å². The first-order valence-electron chi connectivity index (χ1n) is 8.42. The van der Waals surface area contributed by atoms with E-state index in [0.717, 1.165) is 11.8 Å². The number of rotatable bonds is 8. The molecule has 1 heterocycles. The van der Waals surface area contributed by atoms with Gasteiger partial charge in [-0.1, -0.05) is 17.7 Å². The van der Waals surface area contributed by atoms with Gasteiger partial charge in [-0.3, -0.25) is 4.79 Å². The molecule has 1 fully saturated rings. The summed E-state index contributed by atoms with van der Waals surface area (Å²) in [5.41, 5.74) is 0.974. The Labute approximate surface area is 155 Å². The Morgan fingerprint density at radius 3 is 2.42 bits per heavy atom. The van der Waals surface area contributed by atoms with Crippen LogP contribution in [0.2, 0.25) is 0 Å². The van der Waals surface area contributed by atoms with E-state index in [1.165, 1.54) is 4.31 Å². The number of nitrogens with one attached hydrogen (secondary N) is 2. The van der Waals surface area contributed by atoms with Crippen molar-refractivity contribution < 1.29 is 21.6 Å². The molecule has 1 aliphatic rings. The Morgan fingerprint density at radius 1 is 1.15 bits per heavy atom. The summed E-state index contributed by atoms with van der Waals surface area (Å²) in [6.45, 7) is 2.68. The standard InChI is InChI=1S/C16H25N3O5S2/c1-13-6-8-14(9-7-13)26(23,24)18-11-4-10-17-16(20)15-5-3-12-19(15)25(2,21)22/h6-9,15,18H,3-5,10-12H2,1-2H3,(H,17,20). The first-order chi connectivity index (χ1) is 12.1. The van der Waals surface area contributed by atoms with Crippen LogP contribution < -0.4 is 10.0 Å². The summed E-state index contributed by atoms with van der Waals surface area (Å²) in [6.07, 6.45) is 2.65. The Balaban J connectivity index is 1.76.